The van der Waals surface area contributed by atoms with E-state index in [1.807, 2.05) is 19.1 Å². The van der Waals surface area contributed by atoms with Gasteiger partial charge in [-0.25, -0.2) is 9.37 Å². The lowest BCUT2D eigenvalue weighted by atomic mass is 9.82. The standard InChI is InChI=1S/C16H22FN3/c1-11-14(20-10-19-11)9-18-15(16(2,3)4)12-5-7-13(17)8-6-12/h5-8,10,15,18H,9H2,1-4H3,(H,19,20). The van der Waals surface area contributed by atoms with Crippen LogP contribution in [0.5, 0.6) is 0 Å². The fraction of sp³-hybridized carbons (Fsp3) is 0.438. The zero-order valence-corrected chi connectivity index (χ0v) is 12.5. The van der Waals surface area contributed by atoms with E-state index in [-0.39, 0.29) is 17.3 Å². The molecule has 0 amide bonds. The van der Waals surface area contributed by atoms with Gasteiger partial charge in [0.1, 0.15) is 5.82 Å². The number of aromatic amines is 1. The van der Waals surface area contributed by atoms with Crippen molar-refractivity contribution < 1.29 is 4.39 Å². The lowest BCUT2D eigenvalue weighted by Crippen LogP contribution is -2.32. The number of aromatic nitrogens is 2. The van der Waals surface area contributed by atoms with Crippen molar-refractivity contribution in [2.75, 3.05) is 0 Å². The average molecular weight is 275 g/mol. The first kappa shape index (κ1) is 14.7. The second kappa shape index (κ2) is 5.75. The number of halogens is 1. The molecule has 0 aliphatic carbocycles. The van der Waals surface area contributed by atoms with Crippen molar-refractivity contribution in [3.05, 3.63) is 53.4 Å². The number of rotatable bonds is 4. The van der Waals surface area contributed by atoms with E-state index in [4.69, 9.17) is 0 Å². The van der Waals surface area contributed by atoms with Gasteiger partial charge in [-0.2, -0.15) is 0 Å². The molecule has 1 heterocycles. The Labute approximate surface area is 119 Å². The summed E-state index contributed by atoms with van der Waals surface area (Å²) >= 11 is 0. The summed E-state index contributed by atoms with van der Waals surface area (Å²) in [5.41, 5.74) is 3.21. The molecule has 2 aromatic rings. The highest BCUT2D eigenvalue weighted by Gasteiger charge is 2.26. The van der Waals surface area contributed by atoms with Crippen molar-refractivity contribution in [1.82, 2.24) is 15.3 Å². The third-order valence-electron chi connectivity index (χ3n) is 3.48. The molecule has 1 unspecified atom stereocenters. The average Bonchev–Trinajstić information content (AvgIpc) is 2.76. The van der Waals surface area contributed by atoms with Crippen LogP contribution in [0.15, 0.2) is 30.6 Å². The van der Waals surface area contributed by atoms with Crippen LogP contribution < -0.4 is 5.32 Å². The molecule has 0 aliphatic heterocycles. The summed E-state index contributed by atoms with van der Waals surface area (Å²) in [6.45, 7) is 9.21. The van der Waals surface area contributed by atoms with Crippen LogP contribution in [0.2, 0.25) is 0 Å². The van der Waals surface area contributed by atoms with Gasteiger partial charge in [0.25, 0.3) is 0 Å². The molecule has 0 saturated carbocycles. The number of nitrogens with zero attached hydrogens (tertiary/aromatic N) is 1. The van der Waals surface area contributed by atoms with Gasteiger partial charge in [0.05, 0.1) is 12.0 Å². The molecule has 0 spiro atoms. The van der Waals surface area contributed by atoms with E-state index in [9.17, 15) is 4.39 Å². The van der Waals surface area contributed by atoms with E-state index in [1.165, 1.54) is 12.1 Å². The number of benzene rings is 1. The van der Waals surface area contributed by atoms with Crippen LogP contribution in [0.3, 0.4) is 0 Å². The minimum Gasteiger partial charge on any atom is -0.348 e. The molecule has 0 radical (unpaired) electrons. The molecule has 0 bridgehead atoms. The van der Waals surface area contributed by atoms with E-state index >= 15 is 0 Å². The largest absolute Gasteiger partial charge is 0.348 e. The molecule has 1 aromatic heterocycles. The van der Waals surface area contributed by atoms with Gasteiger partial charge < -0.3 is 10.3 Å². The Bertz CT molecular complexity index is 552. The van der Waals surface area contributed by atoms with Gasteiger partial charge in [0, 0.05) is 18.3 Å². The zero-order chi connectivity index (χ0) is 14.8. The normalized spacial score (nSPS) is 13.4. The molecule has 3 nitrogen and oxygen atoms in total. The summed E-state index contributed by atoms with van der Waals surface area (Å²) in [5, 5.41) is 3.53. The molecular weight excluding hydrogens is 253 g/mol. The van der Waals surface area contributed by atoms with Crippen molar-refractivity contribution in [1.29, 1.82) is 0 Å². The van der Waals surface area contributed by atoms with Gasteiger partial charge >= 0.3 is 0 Å². The molecule has 2 rings (SSSR count). The number of hydrogen-bond donors (Lipinski definition) is 2. The van der Waals surface area contributed by atoms with Crippen molar-refractivity contribution in [3.8, 4) is 0 Å². The van der Waals surface area contributed by atoms with E-state index in [1.54, 1.807) is 6.33 Å². The van der Waals surface area contributed by atoms with Crippen LogP contribution >= 0.6 is 0 Å². The topological polar surface area (TPSA) is 40.7 Å². The third kappa shape index (κ3) is 3.45. The van der Waals surface area contributed by atoms with Gasteiger partial charge in [-0.15, -0.1) is 0 Å². The lowest BCUT2D eigenvalue weighted by Gasteiger charge is -2.32. The maximum Gasteiger partial charge on any atom is 0.123 e. The smallest absolute Gasteiger partial charge is 0.123 e. The van der Waals surface area contributed by atoms with Crippen molar-refractivity contribution >= 4 is 0 Å². The molecule has 4 heteroatoms. The molecule has 0 saturated heterocycles. The van der Waals surface area contributed by atoms with E-state index in [0.29, 0.717) is 6.54 Å². The molecule has 0 fully saturated rings. The Morgan fingerprint density at radius 3 is 2.40 bits per heavy atom. The second-order valence-electron chi connectivity index (χ2n) is 6.21. The summed E-state index contributed by atoms with van der Waals surface area (Å²) in [4.78, 5) is 7.38. The number of imidazole rings is 1. The quantitative estimate of drug-likeness (QED) is 0.892. The first-order chi connectivity index (χ1) is 9.38. The molecule has 20 heavy (non-hydrogen) atoms. The molecule has 1 aromatic carbocycles. The van der Waals surface area contributed by atoms with Gasteiger partial charge in [0.2, 0.25) is 0 Å². The Hall–Kier alpha value is -1.68. The first-order valence-corrected chi connectivity index (χ1v) is 6.85. The van der Waals surface area contributed by atoms with Crippen LogP contribution in [0.25, 0.3) is 0 Å². The van der Waals surface area contributed by atoms with Gasteiger partial charge in [-0.1, -0.05) is 32.9 Å². The predicted molar refractivity (Wildman–Crippen MR) is 78.8 cm³/mol. The Morgan fingerprint density at radius 1 is 1.25 bits per heavy atom. The third-order valence-corrected chi connectivity index (χ3v) is 3.48. The molecule has 108 valence electrons. The summed E-state index contributed by atoms with van der Waals surface area (Å²) in [7, 11) is 0. The minimum atomic E-state index is -0.204. The maximum atomic E-state index is 13.1. The van der Waals surface area contributed by atoms with E-state index in [0.717, 1.165) is 17.0 Å². The van der Waals surface area contributed by atoms with Crippen LogP contribution in [-0.4, -0.2) is 9.97 Å². The summed E-state index contributed by atoms with van der Waals surface area (Å²) in [6, 6.07) is 6.84. The summed E-state index contributed by atoms with van der Waals surface area (Å²) in [5.74, 6) is -0.204. The Morgan fingerprint density at radius 2 is 1.90 bits per heavy atom. The molecule has 0 aliphatic rings. The number of hydrogen-bond acceptors (Lipinski definition) is 2. The van der Waals surface area contributed by atoms with E-state index in [2.05, 4.69) is 36.1 Å². The lowest BCUT2D eigenvalue weighted by molar-refractivity contribution is 0.270. The van der Waals surface area contributed by atoms with Crippen molar-refractivity contribution in [2.24, 2.45) is 5.41 Å². The zero-order valence-electron chi connectivity index (χ0n) is 12.5. The Balaban J connectivity index is 2.16. The molecular formula is C16H22FN3. The number of H-pyrrole nitrogens is 1. The van der Waals surface area contributed by atoms with Crippen molar-refractivity contribution in [2.45, 2.75) is 40.3 Å². The van der Waals surface area contributed by atoms with Gasteiger partial charge in [0.15, 0.2) is 0 Å². The SMILES string of the molecule is Cc1[nH]cnc1CNC(c1ccc(F)cc1)C(C)(C)C. The van der Waals surface area contributed by atoms with Crippen LogP contribution in [0.1, 0.15) is 43.8 Å². The Kier molecular flexibility index (Phi) is 4.23. The molecule has 1 atom stereocenters. The highest BCUT2D eigenvalue weighted by Crippen LogP contribution is 2.33. The second-order valence-corrected chi connectivity index (χ2v) is 6.21. The number of nitrogens with one attached hydrogen (secondary N) is 2. The highest BCUT2D eigenvalue weighted by atomic mass is 19.1. The maximum absolute atomic E-state index is 13.1. The monoisotopic (exact) mass is 275 g/mol. The van der Waals surface area contributed by atoms with Crippen LogP contribution in [0.4, 0.5) is 4.39 Å². The van der Waals surface area contributed by atoms with Crippen LogP contribution in [0, 0.1) is 18.2 Å². The fourth-order valence-corrected chi connectivity index (χ4v) is 2.34. The predicted octanol–water partition coefficient (Wildman–Crippen LogP) is 3.73. The van der Waals surface area contributed by atoms with Gasteiger partial charge in [-0.3, -0.25) is 0 Å². The van der Waals surface area contributed by atoms with Crippen LogP contribution in [-0.2, 0) is 6.54 Å². The highest BCUT2D eigenvalue weighted by molar-refractivity contribution is 5.22. The first-order valence-electron chi connectivity index (χ1n) is 6.85. The minimum absolute atomic E-state index is 0.0298. The summed E-state index contributed by atoms with van der Waals surface area (Å²) < 4.78 is 13.1. The van der Waals surface area contributed by atoms with E-state index < -0.39 is 0 Å². The molecule has 2 N–H and O–H groups in total. The number of aryl methyl sites for hydroxylation is 1. The van der Waals surface area contributed by atoms with Gasteiger partial charge in [-0.05, 0) is 30.0 Å². The fourth-order valence-electron chi connectivity index (χ4n) is 2.34. The summed E-state index contributed by atoms with van der Waals surface area (Å²) in [6.07, 6.45) is 1.70. The van der Waals surface area contributed by atoms with Crippen molar-refractivity contribution in [3.63, 3.8) is 0 Å².